The van der Waals surface area contributed by atoms with Crippen LogP contribution in [-0.2, 0) is 4.74 Å². The van der Waals surface area contributed by atoms with E-state index >= 15 is 0 Å². The summed E-state index contributed by atoms with van der Waals surface area (Å²) >= 11 is 0. The number of carbonyl (C=O) groups excluding carboxylic acids is 1. The van der Waals surface area contributed by atoms with E-state index in [4.69, 9.17) is 14.2 Å². The van der Waals surface area contributed by atoms with Crippen molar-refractivity contribution in [3.05, 3.63) is 23.8 Å². The minimum atomic E-state index is -0.416. The molecule has 1 heterocycles. The molecule has 5 heteroatoms. The van der Waals surface area contributed by atoms with Gasteiger partial charge < -0.3 is 19.5 Å². The zero-order valence-corrected chi connectivity index (χ0v) is 12.0. The van der Waals surface area contributed by atoms with Gasteiger partial charge in [0.05, 0.1) is 20.8 Å². The molecule has 20 heavy (non-hydrogen) atoms. The standard InChI is InChI=1S/C15H21NO4/c1-18-13-7-3-6-12(15(17)19-2)14(13)20-10-11-5-4-8-16-9-11/h3,6-7,11,16H,4-5,8-10H2,1-2H3. The Balaban J connectivity index is 2.13. The van der Waals surface area contributed by atoms with Gasteiger partial charge in [-0.2, -0.15) is 0 Å². The van der Waals surface area contributed by atoms with Crippen LogP contribution in [0.15, 0.2) is 18.2 Å². The van der Waals surface area contributed by atoms with E-state index < -0.39 is 5.97 Å². The number of methoxy groups -OCH3 is 2. The predicted molar refractivity (Wildman–Crippen MR) is 75.4 cm³/mol. The van der Waals surface area contributed by atoms with Crippen LogP contribution in [0.2, 0.25) is 0 Å². The van der Waals surface area contributed by atoms with E-state index in [1.54, 1.807) is 25.3 Å². The zero-order valence-electron chi connectivity index (χ0n) is 12.0. The van der Waals surface area contributed by atoms with E-state index in [0.29, 0.717) is 29.6 Å². The minimum Gasteiger partial charge on any atom is -0.493 e. The average molecular weight is 279 g/mol. The van der Waals surface area contributed by atoms with Crippen LogP contribution in [0.1, 0.15) is 23.2 Å². The number of hydrogen-bond donors (Lipinski definition) is 1. The molecule has 1 N–H and O–H groups in total. The molecular formula is C15H21NO4. The van der Waals surface area contributed by atoms with Crippen molar-refractivity contribution < 1.29 is 19.0 Å². The Kier molecular flexibility index (Phi) is 5.24. The number of para-hydroxylation sites is 1. The van der Waals surface area contributed by atoms with E-state index in [1.807, 2.05) is 0 Å². The number of ether oxygens (including phenoxy) is 3. The molecule has 2 rings (SSSR count). The van der Waals surface area contributed by atoms with E-state index in [2.05, 4.69) is 5.32 Å². The summed E-state index contributed by atoms with van der Waals surface area (Å²) in [6.07, 6.45) is 2.29. The number of nitrogens with one attached hydrogen (secondary N) is 1. The second-order valence-corrected chi connectivity index (χ2v) is 4.85. The third-order valence-corrected chi connectivity index (χ3v) is 3.47. The Morgan fingerprint density at radius 3 is 2.90 bits per heavy atom. The van der Waals surface area contributed by atoms with Gasteiger partial charge >= 0.3 is 5.97 Å². The SMILES string of the molecule is COC(=O)c1cccc(OC)c1OCC1CCCNC1. The Labute approximate surface area is 119 Å². The van der Waals surface area contributed by atoms with Crippen LogP contribution in [0.3, 0.4) is 0 Å². The van der Waals surface area contributed by atoms with Crippen molar-refractivity contribution in [2.75, 3.05) is 33.9 Å². The van der Waals surface area contributed by atoms with E-state index in [0.717, 1.165) is 25.9 Å². The van der Waals surface area contributed by atoms with Gasteiger partial charge in [-0.05, 0) is 31.5 Å². The molecule has 110 valence electrons. The highest BCUT2D eigenvalue weighted by Crippen LogP contribution is 2.32. The van der Waals surface area contributed by atoms with Gasteiger partial charge in [0.25, 0.3) is 0 Å². The Morgan fingerprint density at radius 1 is 1.40 bits per heavy atom. The molecule has 0 saturated carbocycles. The maximum Gasteiger partial charge on any atom is 0.341 e. The highest BCUT2D eigenvalue weighted by atomic mass is 16.5. The third-order valence-electron chi connectivity index (χ3n) is 3.47. The molecule has 1 aliphatic rings. The van der Waals surface area contributed by atoms with Crippen LogP contribution in [-0.4, -0.2) is 39.9 Å². The normalized spacial score (nSPS) is 18.4. The molecular weight excluding hydrogens is 258 g/mol. The van der Waals surface area contributed by atoms with E-state index in [-0.39, 0.29) is 0 Å². The molecule has 0 bridgehead atoms. The van der Waals surface area contributed by atoms with E-state index in [9.17, 15) is 4.79 Å². The van der Waals surface area contributed by atoms with Crippen molar-refractivity contribution in [3.8, 4) is 11.5 Å². The van der Waals surface area contributed by atoms with Crippen molar-refractivity contribution in [1.29, 1.82) is 0 Å². The van der Waals surface area contributed by atoms with E-state index in [1.165, 1.54) is 7.11 Å². The van der Waals surface area contributed by atoms with Gasteiger partial charge in [0.15, 0.2) is 11.5 Å². The number of piperidine rings is 1. The summed E-state index contributed by atoms with van der Waals surface area (Å²) in [6, 6.07) is 5.21. The lowest BCUT2D eigenvalue weighted by Gasteiger charge is -2.23. The van der Waals surface area contributed by atoms with Crippen LogP contribution in [0.4, 0.5) is 0 Å². The van der Waals surface area contributed by atoms with Crippen molar-refractivity contribution in [1.82, 2.24) is 5.32 Å². The Morgan fingerprint density at radius 2 is 2.25 bits per heavy atom. The number of esters is 1. The molecule has 1 atom stereocenters. The lowest BCUT2D eigenvalue weighted by Crippen LogP contribution is -2.33. The molecule has 1 fully saturated rings. The molecule has 0 aromatic heterocycles. The molecule has 0 spiro atoms. The lowest BCUT2D eigenvalue weighted by molar-refractivity contribution is 0.0594. The first-order valence-corrected chi connectivity index (χ1v) is 6.85. The topological polar surface area (TPSA) is 56.8 Å². The van der Waals surface area contributed by atoms with Gasteiger partial charge in [0.1, 0.15) is 5.56 Å². The van der Waals surface area contributed by atoms with Gasteiger partial charge in [-0.3, -0.25) is 0 Å². The third kappa shape index (κ3) is 3.42. The first kappa shape index (κ1) is 14.7. The second kappa shape index (κ2) is 7.14. The van der Waals surface area contributed by atoms with Gasteiger partial charge in [-0.25, -0.2) is 4.79 Å². The fraction of sp³-hybridized carbons (Fsp3) is 0.533. The summed E-state index contributed by atoms with van der Waals surface area (Å²) < 4.78 is 15.9. The number of rotatable bonds is 5. The zero-order chi connectivity index (χ0) is 14.4. The van der Waals surface area contributed by atoms with Crippen molar-refractivity contribution in [3.63, 3.8) is 0 Å². The molecule has 1 saturated heterocycles. The lowest BCUT2D eigenvalue weighted by atomic mass is 10.0. The first-order valence-electron chi connectivity index (χ1n) is 6.85. The van der Waals surface area contributed by atoms with Crippen molar-refractivity contribution in [2.24, 2.45) is 5.92 Å². The summed E-state index contributed by atoms with van der Waals surface area (Å²) in [4.78, 5) is 11.8. The Bertz CT molecular complexity index is 455. The van der Waals surface area contributed by atoms with Crippen molar-refractivity contribution >= 4 is 5.97 Å². The van der Waals surface area contributed by atoms with Crippen LogP contribution in [0.5, 0.6) is 11.5 Å². The highest BCUT2D eigenvalue weighted by molar-refractivity contribution is 5.93. The average Bonchev–Trinajstić information content (AvgIpc) is 2.52. The quantitative estimate of drug-likeness (QED) is 0.834. The summed E-state index contributed by atoms with van der Waals surface area (Å²) in [5.74, 6) is 1.06. The van der Waals surface area contributed by atoms with Crippen LogP contribution in [0, 0.1) is 5.92 Å². The maximum atomic E-state index is 11.8. The summed E-state index contributed by atoms with van der Waals surface area (Å²) in [5.41, 5.74) is 0.399. The molecule has 0 aliphatic carbocycles. The molecule has 0 amide bonds. The molecule has 1 aliphatic heterocycles. The fourth-order valence-corrected chi connectivity index (χ4v) is 2.36. The molecule has 0 radical (unpaired) electrons. The highest BCUT2D eigenvalue weighted by Gasteiger charge is 2.20. The largest absolute Gasteiger partial charge is 0.493 e. The van der Waals surface area contributed by atoms with Crippen molar-refractivity contribution in [2.45, 2.75) is 12.8 Å². The second-order valence-electron chi connectivity index (χ2n) is 4.85. The van der Waals surface area contributed by atoms with Gasteiger partial charge in [-0.1, -0.05) is 6.07 Å². The Hall–Kier alpha value is -1.75. The molecule has 1 aromatic carbocycles. The van der Waals surface area contributed by atoms with Gasteiger partial charge in [0.2, 0.25) is 0 Å². The van der Waals surface area contributed by atoms with Gasteiger partial charge in [0, 0.05) is 12.5 Å². The monoisotopic (exact) mass is 279 g/mol. The van der Waals surface area contributed by atoms with Crippen LogP contribution >= 0.6 is 0 Å². The van der Waals surface area contributed by atoms with Gasteiger partial charge in [-0.15, -0.1) is 0 Å². The number of hydrogen-bond acceptors (Lipinski definition) is 5. The summed E-state index contributed by atoms with van der Waals surface area (Å²) in [7, 11) is 2.92. The smallest absolute Gasteiger partial charge is 0.341 e. The minimum absolute atomic E-state index is 0.399. The molecule has 1 aromatic rings. The predicted octanol–water partition coefficient (Wildman–Crippen LogP) is 1.86. The first-order chi connectivity index (χ1) is 9.76. The fourth-order valence-electron chi connectivity index (χ4n) is 2.36. The van der Waals surface area contributed by atoms with Crippen LogP contribution in [0.25, 0.3) is 0 Å². The summed E-state index contributed by atoms with van der Waals surface area (Å²) in [5, 5.41) is 3.35. The summed E-state index contributed by atoms with van der Waals surface area (Å²) in [6.45, 7) is 2.58. The maximum absolute atomic E-state index is 11.8. The molecule has 1 unspecified atom stereocenters. The number of benzene rings is 1. The molecule has 5 nitrogen and oxygen atoms in total. The van der Waals surface area contributed by atoms with Crippen LogP contribution < -0.4 is 14.8 Å². The number of carbonyl (C=O) groups is 1.